The number of hydrogen-bond donors (Lipinski definition) is 1. The second-order valence-corrected chi connectivity index (χ2v) is 8.17. The van der Waals surface area contributed by atoms with Crippen molar-refractivity contribution in [3.63, 3.8) is 0 Å². The average Bonchev–Trinajstić information content (AvgIpc) is 2.53. The molecule has 0 spiro atoms. The van der Waals surface area contributed by atoms with Crippen LogP contribution in [0.5, 0.6) is 0 Å². The number of amides is 1. The molecule has 0 aliphatic rings. The van der Waals surface area contributed by atoms with Crippen molar-refractivity contribution in [2.24, 2.45) is 0 Å². The number of carbonyl (C=O) groups is 1. The van der Waals surface area contributed by atoms with E-state index in [4.69, 9.17) is 11.6 Å². The molecule has 0 saturated carbocycles. The van der Waals surface area contributed by atoms with Gasteiger partial charge in [0.05, 0.1) is 17.5 Å². The van der Waals surface area contributed by atoms with Crippen molar-refractivity contribution < 1.29 is 26.4 Å². The second kappa shape index (κ2) is 7.77. The molecule has 1 amide bonds. The summed E-state index contributed by atoms with van der Waals surface area (Å²) in [5.74, 6) is -0.792. The van der Waals surface area contributed by atoms with Gasteiger partial charge in [0, 0.05) is 10.7 Å². The molecule has 0 aliphatic heterocycles. The zero-order valence-corrected chi connectivity index (χ0v) is 15.9. The number of anilines is 2. The fourth-order valence-corrected chi connectivity index (χ4v) is 3.41. The Kier molecular flexibility index (Phi) is 6.06. The average molecular weight is 421 g/mol. The normalized spacial score (nSPS) is 11.9. The van der Waals surface area contributed by atoms with Gasteiger partial charge in [-0.2, -0.15) is 13.2 Å². The molecule has 5 nitrogen and oxygen atoms in total. The number of sulfonamides is 1. The van der Waals surface area contributed by atoms with Crippen molar-refractivity contribution in [3.8, 4) is 0 Å². The maximum atomic E-state index is 12.8. The highest BCUT2D eigenvalue weighted by molar-refractivity contribution is 7.92. The number of halogens is 4. The molecular formula is C17H16ClF3N2O3S. The molecule has 146 valence electrons. The van der Waals surface area contributed by atoms with Gasteiger partial charge in [0.25, 0.3) is 0 Å². The molecule has 0 aliphatic carbocycles. The van der Waals surface area contributed by atoms with Gasteiger partial charge >= 0.3 is 6.18 Å². The van der Waals surface area contributed by atoms with E-state index in [0.717, 1.165) is 28.8 Å². The summed E-state index contributed by atoms with van der Waals surface area (Å²) in [5, 5.41) is 2.56. The highest BCUT2D eigenvalue weighted by Gasteiger charge is 2.30. The van der Waals surface area contributed by atoms with Crippen molar-refractivity contribution in [2.45, 2.75) is 13.1 Å². The lowest BCUT2D eigenvalue weighted by atomic mass is 10.2. The first-order valence-corrected chi connectivity index (χ1v) is 9.81. The fraction of sp³-hybridized carbons (Fsp3) is 0.235. The van der Waals surface area contributed by atoms with E-state index >= 15 is 0 Å². The number of nitrogens with zero attached hydrogens (tertiary/aromatic N) is 1. The van der Waals surface area contributed by atoms with Crippen molar-refractivity contribution in [1.82, 2.24) is 0 Å². The molecule has 0 heterocycles. The smallest absolute Gasteiger partial charge is 0.325 e. The predicted octanol–water partition coefficient (Wildman–Crippen LogP) is 4.07. The summed E-state index contributed by atoms with van der Waals surface area (Å²) in [5.41, 5.74) is -0.238. The van der Waals surface area contributed by atoms with E-state index in [1.807, 2.05) is 0 Å². The van der Waals surface area contributed by atoms with Crippen LogP contribution < -0.4 is 9.62 Å². The van der Waals surface area contributed by atoms with Gasteiger partial charge in [0.2, 0.25) is 15.9 Å². The summed E-state index contributed by atoms with van der Waals surface area (Å²) in [6, 6.07) is 8.64. The Hall–Kier alpha value is -2.26. The van der Waals surface area contributed by atoms with Crippen molar-refractivity contribution in [3.05, 3.63) is 58.6 Å². The maximum Gasteiger partial charge on any atom is 0.416 e. The van der Waals surface area contributed by atoms with Crippen molar-refractivity contribution in [2.75, 3.05) is 22.4 Å². The molecule has 0 bridgehead atoms. The molecule has 0 radical (unpaired) electrons. The summed E-state index contributed by atoms with van der Waals surface area (Å²) >= 11 is 5.91. The minimum Gasteiger partial charge on any atom is -0.325 e. The van der Waals surface area contributed by atoms with E-state index in [0.29, 0.717) is 5.56 Å². The third kappa shape index (κ3) is 5.61. The number of hydrogen-bond acceptors (Lipinski definition) is 3. The van der Waals surface area contributed by atoms with Crippen LogP contribution in [-0.4, -0.2) is 27.1 Å². The first kappa shape index (κ1) is 21.0. The van der Waals surface area contributed by atoms with E-state index in [2.05, 4.69) is 5.32 Å². The third-order valence-corrected chi connectivity index (χ3v) is 4.96. The highest BCUT2D eigenvalue weighted by Crippen LogP contribution is 2.31. The Morgan fingerprint density at radius 1 is 1.19 bits per heavy atom. The Morgan fingerprint density at radius 3 is 2.44 bits per heavy atom. The molecule has 27 heavy (non-hydrogen) atoms. The van der Waals surface area contributed by atoms with Gasteiger partial charge in [-0.15, -0.1) is 0 Å². The van der Waals surface area contributed by atoms with Crippen LogP contribution in [0.15, 0.2) is 42.5 Å². The van der Waals surface area contributed by atoms with Crippen LogP contribution in [0.2, 0.25) is 5.02 Å². The van der Waals surface area contributed by atoms with Crippen LogP contribution in [0.4, 0.5) is 24.5 Å². The monoisotopic (exact) mass is 420 g/mol. The van der Waals surface area contributed by atoms with Gasteiger partial charge in [-0.1, -0.05) is 23.7 Å². The van der Waals surface area contributed by atoms with Gasteiger partial charge in [0.15, 0.2) is 0 Å². The molecular weight excluding hydrogens is 405 g/mol. The summed E-state index contributed by atoms with van der Waals surface area (Å²) in [7, 11) is -3.84. The summed E-state index contributed by atoms with van der Waals surface area (Å²) < 4.78 is 63.4. The number of aryl methyl sites for hydroxylation is 1. The number of benzene rings is 2. The minimum absolute atomic E-state index is 0.0916. The topological polar surface area (TPSA) is 66.5 Å². The Labute approximate surface area is 159 Å². The van der Waals surface area contributed by atoms with Crippen LogP contribution in [-0.2, 0) is 21.0 Å². The van der Waals surface area contributed by atoms with Gasteiger partial charge in [-0.25, -0.2) is 8.42 Å². The lowest BCUT2D eigenvalue weighted by molar-refractivity contribution is -0.137. The second-order valence-electron chi connectivity index (χ2n) is 5.83. The van der Waals surface area contributed by atoms with E-state index < -0.39 is 34.2 Å². The van der Waals surface area contributed by atoms with Gasteiger partial charge < -0.3 is 5.32 Å². The van der Waals surface area contributed by atoms with Crippen molar-refractivity contribution in [1.29, 1.82) is 0 Å². The summed E-state index contributed by atoms with van der Waals surface area (Å²) in [4.78, 5) is 12.3. The third-order valence-electron chi connectivity index (χ3n) is 3.60. The predicted molar refractivity (Wildman–Crippen MR) is 98.5 cm³/mol. The molecule has 0 unspecified atom stereocenters. The molecule has 0 saturated heterocycles. The number of alkyl halides is 3. The fourth-order valence-electron chi connectivity index (χ4n) is 2.34. The van der Waals surface area contributed by atoms with Crippen molar-refractivity contribution >= 4 is 38.9 Å². The Morgan fingerprint density at radius 2 is 1.85 bits per heavy atom. The lowest BCUT2D eigenvalue weighted by Crippen LogP contribution is -2.37. The van der Waals surface area contributed by atoms with Crippen LogP contribution in [0.1, 0.15) is 11.1 Å². The van der Waals surface area contributed by atoms with Gasteiger partial charge in [-0.3, -0.25) is 9.10 Å². The summed E-state index contributed by atoms with van der Waals surface area (Å²) in [6.07, 6.45) is -3.64. The SMILES string of the molecule is Cc1ccc(Cl)cc1N(CC(=O)Nc1cccc(C(F)(F)F)c1)S(C)(=O)=O. The maximum absolute atomic E-state index is 12.8. The molecule has 1 N–H and O–H groups in total. The lowest BCUT2D eigenvalue weighted by Gasteiger charge is -2.24. The van der Waals surface area contributed by atoms with Crippen LogP contribution >= 0.6 is 11.6 Å². The van der Waals surface area contributed by atoms with E-state index in [9.17, 15) is 26.4 Å². The first-order chi connectivity index (χ1) is 12.4. The number of carbonyl (C=O) groups excluding carboxylic acids is 1. The van der Waals surface area contributed by atoms with Gasteiger partial charge in [-0.05, 0) is 42.8 Å². The number of rotatable bonds is 5. The highest BCUT2D eigenvalue weighted by atomic mass is 35.5. The first-order valence-electron chi connectivity index (χ1n) is 7.59. The molecule has 10 heteroatoms. The number of nitrogens with one attached hydrogen (secondary N) is 1. The summed E-state index contributed by atoms with van der Waals surface area (Å²) in [6.45, 7) is 1.03. The molecule has 0 fully saturated rings. The Balaban J connectivity index is 2.27. The van der Waals surface area contributed by atoms with Crippen LogP contribution in [0, 0.1) is 6.92 Å². The Bertz CT molecular complexity index is 962. The quantitative estimate of drug-likeness (QED) is 0.792. The standard InChI is InChI=1S/C17H16ClF3N2O3S/c1-11-6-7-13(18)9-15(11)23(27(2,25)26)10-16(24)22-14-5-3-4-12(8-14)17(19,20)21/h3-9H,10H2,1-2H3,(H,22,24). The van der Waals surface area contributed by atoms with E-state index in [1.165, 1.54) is 12.1 Å². The van der Waals surface area contributed by atoms with E-state index in [-0.39, 0.29) is 16.4 Å². The largest absolute Gasteiger partial charge is 0.416 e. The van der Waals surface area contributed by atoms with Crippen LogP contribution in [0.25, 0.3) is 0 Å². The molecule has 2 aromatic rings. The molecule has 0 aromatic heterocycles. The zero-order valence-electron chi connectivity index (χ0n) is 14.3. The zero-order chi connectivity index (χ0) is 20.4. The van der Waals surface area contributed by atoms with Crippen LogP contribution in [0.3, 0.4) is 0 Å². The molecule has 2 rings (SSSR count). The molecule has 0 atom stereocenters. The van der Waals surface area contributed by atoms with Gasteiger partial charge in [0.1, 0.15) is 6.54 Å². The van der Waals surface area contributed by atoms with E-state index in [1.54, 1.807) is 19.1 Å². The molecule has 2 aromatic carbocycles. The minimum atomic E-state index is -4.56.